The van der Waals surface area contributed by atoms with Crippen molar-refractivity contribution < 1.29 is 14.1 Å². The number of amides is 1. The van der Waals surface area contributed by atoms with Crippen LogP contribution in [0.1, 0.15) is 24.6 Å². The average Bonchev–Trinajstić information content (AvgIpc) is 3.28. The first-order chi connectivity index (χ1) is 15.0. The van der Waals surface area contributed by atoms with Crippen LogP contribution in [0.2, 0.25) is 0 Å². The van der Waals surface area contributed by atoms with Gasteiger partial charge in [-0.05, 0) is 44.2 Å². The number of nitrogens with one attached hydrogen (secondary N) is 1. The minimum Gasteiger partial charge on any atom is -0.497 e. The molecule has 9 nitrogen and oxygen atoms in total. The van der Waals surface area contributed by atoms with Gasteiger partial charge in [0.25, 0.3) is 5.56 Å². The molecule has 2 aromatic heterocycles. The number of carbonyl (C=O) groups is 1. The Kier molecular flexibility index (Phi) is 5.48. The molecule has 9 heteroatoms. The molecule has 4 aromatic rings. The van der Waals surface area contributed by atoms with E-state index in [2.05, 4.69) is 20.6 Å². The minimum absolute atomic E-state index is 0.214. The highest BCUT2D eigenvalue weighted by Crippen LogP contribution is 2.21. The summed E-state index contributed by atoms with van der Waals surface area (Å²) in [6.07, 6.45) is 0. The van der Waals surface area contributed by atoms with Crippen molar-refractivity contribution in [3.63, 3.8) is 0 Å². The van der Waals surface area contributed by atoms with Crippen LogP contribution < -0.4 is 15.6 Å². The predicted octanol–water partition coefficient (Wildman–Crippen LogP) is 2.64. The van der Waals surface area contributed by atoms with Crippen molar-refractivity contribution in [2.75, 3.05) is 7.11 Å². The lowest BCUT2D eigenvalue weighted by Gasteiger charge is -2.11. The molecule has 0 fully saturated rings. The highest BCUT2D eigenvalue weighted by molar-refractivity contribution is 5.83. The Labute approximate surface area is 177 Å². The van der Waals surface area contributed by atoms with Crippen molar-refractivity contribution in [1.82, 2.24) is 25.2 Å². The van der Waals surface area contributed by atoms with Gasteiger partial charge in [0.1, 0.15) is 18.3 Å². The molecule has 2 aromatic carbocycles. The maximum atomic E-state index is 12.6. The summed E-state index contributed by atoms with van der Waals surface area (Å²) < 4.78 is 11.6. The molecular formula is C22H21N5O4. The monoisotopic (exact) mass is 419 g/mol. The smallest absolute Gasteiger partial charge is 0.275 e. The molecule has 158 valence electrons. The average molecular weight is 419 g/mol. The molecule has 0 saturated heterocycles. The van der Waals surface area contributed by atoms with Crippen molar-refractivity contribution in [3.8, 4) is 17.1 Å². The quantitative estimate of drug-likeness (QED) is 0.511. The molecule has 0 unspecified atom stereocenters. The van der Waals surface area contributed by atoms with Gasteiger partial charge < -0.3 is 14.6 Å². The molecule has 31 heavy (non-hydrogen) atoms. The number of nitrogens with zero attached hydrogens (tertiary/aromatic N) is 4. The number of aryl methyl sites for hydroxylation is 1. The third kappa shape index (κ3) is 4.16. The first-order valence-electron chi connectivity index (χ1n) is 9.70. The molecule has 0 radical (unpaired) electrons. The van der Waals surface area contributed by atoms with Crippen LogP contribution in [0, 0.1) is 6.92 Å². The maximum absolute atomic E-state index is 12.6. The Balaban J connectivity index is 1.47. The highest BCUT2D eigenvalue weighted by Gasteiger charge is 2.19. The molecule has 0 aliphatic heterocycles. The van der Waals surface area contributed by atoms with Crippen LogP contribution in [0.5, 0.6) is 5.75 Å². The van der Waals surface area contributed by atoms with Gasteiger partial charge in [-0.15, -0.1) is 0 Å². The van der Waals surface area contributed by atoms with Crippen LogP contribution in [0.4, 0.5) is 0 Å². The number of hydrogen-bond acceptors (Lipinski definition) is 7. The van der Waals surface area contributed by atoms with E-state index in [4.69, 9.17) is 9.26 Å². The fraction of sp³-hybridized carbons (Fsp3) is 0.227. The van der Waals surface area contributed by atoms with E-state index in [0.29, 0.717) is 16.9 Å². The van der Waals surface area contributed by atoms with E-state index in [1.165, 1.54) is 0 Å². The zero-order valence-corrected chi connectivity index (χ0v) is 17.3. The molecule has 0 saturated carbocycles. The Hall–Kier alpha value is -4.01. The van der Waals surface area contributed by atoms with Crippen molar-refractivity contribution in [3.05, 3.63) is 70.5 Å². The van der Waals surface area contributed by atoms with Gasteiger partial charge in [0.2, 0.25) is 17.6 Å². The second-order valence-corrected chi connectivity index (χ2v) is 7.07. The molecule has 1 atom stereocenters. The highest BCUT2D eigenvalue weighted by atomic mass is 16.5. The van der Waals surface area contributed by atoms with Crippen molar-refractivity contribution >= 4 is 16.7 Å². The van der Waals surface area contributed by atoms with Crippen LogP contribution in [0.3, 0.4) is 0 Å². The van der Waals surface area contributed by atoms with Crippen molar-refractivity contribution in [2.45, 2.75) is 26.4 Å². The van der Waals surface area contributed by atoms with E-state index >= 15 is 0 Å². The van der Waals surface area contributed by atoms with Crippen LogP contribution in [-0.4, -0.2) is 32.9 Å². The van der Waals surface area contributed by atoms with Crippen LogP contribution in [0.15, 0.2) is 57.8 Å². The number of rotatable bonds is 6. The van der Waals surface area contributed by atoms with E-state index < -0.39 is 6.04 Å². The fourth-order valence-corrected chi connectivity index (χ4v) is 3.26. The summed E-state index contributed by atoms with van der Waals surface area (Å²) in [5.74, 6) is 0.998. The molecule has 2 heterocycles. The number of fused-ring (bicyclic) bond motifs is 1. The molecular weight excluding hydrogens is 398 g/mol. The summed E-state index contributed by atoms with van der Waals surface area (Å²) in [4.78, 5) is 29.5. The summed E-state index contributed by atoms with van der Waals surface area (Å²) in [6.45, 7) is 3.32. The molecule has 0 bridgehead atoms. The van der Waals surface area contributed by atoms with E-state index in [0.717, 1.165) is 21.4 Å². The Morgan fingerprint density at radius 3 is 2.58 bits per heavy atom. The lowest BCUT2D eigenvalue weighted by atomic mass is 10.1. The number of aromatic nitrogens is 4. The third-order valence-corrected chi connectivity index (χ3v) is 4.88. The van der Waals surface area contributed by atoms with Gasteiger partial charge in [0, 0.05) is 10.9 Å². The summed E-state index contributed by atoms with van der Waals surface area (Å²) in [5, 5.41) is 12.3. The van der Waals surface area contributed by atoms with Gasteiger partial charge in [0.15, 0.2) is 0 Å². The fourth-order valence-electron chi connectivity index (χ4n) is 3.26. The molecule has 0 aliphatic rings. The van der Waals surface area contributed by atoms with Gasteiger partial charge in [-0.1, -0.05) is 23.4 Å². The molecule has 0 aliphatic carbocycles. The predicted molar refractivity (Wildman–Crippen MR) is 114 cm³/mol. The first kappa shape index (κ1) is 20.3. The molecule has 0 spiro atoms. The third-order valence-electron chi connectivity index (χ3n) is 4.88. The summed E-state index contributed by atoms with van der Waals surface area (Å²) in [6, 6.07) is 13.9. The Morgan fingerprint density at radius 1 is 1.16 bits per heavy atom. The van der Waals surface area contributed by atoms with Gasteiger partial charge in [-0.25, -0.2) is 4.68 Å². The SMILES string of the molecule is COc1ccc(-c2noc([C@H](C)NC(=O)Cn3nc(C)c4ccccc4c3=O)n2)cc1. The Bertz CT molecular complexity index is 1290. The number of carbonyl (C=O) groups excluding carboxylic acids is 1. The molecule has 1 N–H and O–H groups in total. The van der Waals surface area contributed by atoms with E-state index in [1.807, 2.05) is 24.3 Å². The second-order valence-electron chi connectivity index (χ2n) is 7.07. The number of hydrogen-bond donors (Lipinski definition) is 1. The van der Waals surface area contributed by atoms with Gasteiger partial charge in [-0.3, -0.25) is 9.59 Å². The largest absolute Gasteiger partial charge is 0.497 e. The number of benzene rings is 2. The van der Waals surface area contributed by atoms with Crippen molar-refractivity contribution in [1.29, 1.82) is 0 Å². The zero-order valence-electron chi connectivity index (χ0n) is 17.3. The van der Waals surface area contributed by atoms with Crippen LogP contribution in [0.25, 0.3) is 22.2 Å². The van der Waals surface area contributed by atoms with Crippen molar-refractivity contribution in [2.24, 2.45) is 0 Å². The molecule has 4 rings (SSSR count). The zero-order chi connectivity index (χ0) is 22.0. The van der Waals surface area contributed by atoms with Gasteiger partial charge in [-0.2, -0.15) is 10.1 Å². The van der Waals surface area contributed by atoms with E-state index in [9.17, 15) is 9.59 Å². The number of methoxy groups -OCH3 is 1. The second kappa shape index (κ2) is 8.39. The van der Waals surface area contributed by atoms with Crippen LogP contribution >= 0.6 is 0 Å². The lowest BCUT2D eigenvalue weighted by molar-refractivity contribution is -0.122. The molecule has 1 amide bonds. The first-order valence-corrected chi connectivity index (χ1v) is 9.70. The van der Waals surface area contributed by atoms with Gasteiger partial charge >= 0.3 is 0 Å². The topological polar surface area (TPSA) is 112 Å². The van der Waals surface area contributed by atoms with E-state index in [1.54, 1.807) is 45.2 Å². The minimum atomic E-state index is -0.538. The Morgan fingerprint density at radius 2 is 1.87 bits per heavy atom. The normalized spacial score (nSPS) is 12.0. The summed E-state index contributed by atoms with van der Waals surface area (Å²) in [7, 11) is 1.59. The van der Waals surface area contributed by atoms with Crippen LogP contribution in [-0.2, 0) is 11.3 Å². The summed E-state index contributed by atoms with van der Waals surface area (Å²) in [5.41, 5.74) is 1.12. The van der Waals surface area contributed by atoms with Gasteiger partial charge in [0.05, 0.1) is 18.2 Å². The maximum Gasteiger partial charge on any atom is 0.275 e. The summed E-state index contributed by atoms with van der Waals surface area (Å²) >= 11 is 0. The lowest BCUT2D eigenvalue weighted by Crippen LogP contribution is -2.35. The van der Waals surface area contributed by atoms with E-state index in [-0.39, 0.29) is 23.9 Å². The number of ether oxygens (including phenoxy) is 1. The standard InChI is InChI=1S/C22H21N5O4/c1-13-17-6-4-5-7-18(17)22(29)27(25-13)12-19(28)23-14(2)21-24-20(26-31-21)15-8-10-16(30-3)11-9-15/h4-11,14H,12H2,1-3H3,(H,23,28)/t14-/m0/s1.